The molecular weight excluding hydrogens is 266 g/mol. The number of esters is 1. The van der Waals surface area contributed by atoms with Gasteiger partial charge in [-0.25, -0.2) is 4.79 Å². The van der Waals surface area contributed by atoms with Crippen molar-refractivity contribution in [2.24, 2.45) is 0 Å². The van der Waals surface area contributed by atoms with Crippen LogP contribution in [0.2, 0.25) is 0 Å². The lowest BCUT2D eigenvalue weighted by atomic mass is 9.99. The zero-order valence-corrected chi connectivity index (χ0v) is 12.4. The van der Waals surface area contributed by atoms with Crippen LogP contribution in [0.1, 0.15) is 52.6 Å². The molecule has 1 aromatic heterocycles. The Bertz CT molecular complexity index is 727. The molecule has 4 heteroatoms. The molecule has 0 N–H and O–H groups in total. The van der Waals surface area contributed by atoms with E-state index in [2.05, 4.69) is 0 Å². The normalized spacial score (nSPS) is 14.9. The number of aromatic nitrogens is 1. The van der Waals surface area contributed by atoms with Gasteiger partial charge in [-0.2, -0.15) is 0 Å². The molecule has 2 aromatic rings. The van der Waals surface area contributed by atoms with Crippen molar-refractivity contribution >= 4 is 22.7 Å². The van der Waals surface area contributed by atoms with E-state index in [1.54, 1.807) is 6.92 Å². The Labute approximate surface area is 123 Å². The van der Waals surface area contributed by atoms with Gasteiger partial charge < -0.3 is 9.30 Å². The van der Waals surface area contributed by atoms with Crippen LogP contribution in [0.25, 0.3) is 10.9 Å². The van der Waals surface area contributed by atoms with E-state index in [0.29, 0.717) is 18.7 Å². The number of carbonyl (C=O) groups is 2. The van der Waals surface area contributed by atoms with Gasteiger partial charge in [-0.1, -0.05) is 6.07 Å². The number of benzene rings is 1. The average molecular weight is 285 g/mol. The summed E-state index contributed by atoms with van der Waals surface area (Å²) in [6, 6.07) is 5.71. The first-order valence-electron chi connectivity index (χ1n) is 7.46. The predicted molar refractivity (Wildman–Crippen MR) is 80.8 cm³/mol. The maximum atomic E-state index is 12.3. The lowest BCUT2D eigenvalue weighted by Crippen LogP contribution is -2.15. The highest BCUT2D eigenvalue weighted by Gasteiger charge is 2.23. The second kappa shape index (κ2) is 5.35. The highest BCUT2D eigenvalue weighted by Crippen LogP contribution is 2.30. The number of nitrogens with zero attached hydrogens (tertiary/aromatic N) is 1. The van der Waals surface area contributed by atoms with Gasteiger partial charge in [0.05, 0.1) is 12.1 Å². The fraction of sp³-hybridized carbons (Fsp3) is 0.412. The van der Waals surface area contributed by atoms with Gasteiger partial charge in [0.1, 0.15) is 5.69 Å². The summed E-state index contributed by atoms with van der Waals surface area (Å²) in [4.78, 5) is 24.5. The van der Waals surface area contributed by atoms with Crippen LogP contribution in [-0.2, 0) is 11.3 Å². The third-order valence-electron chi connectivity index (χ3n) is 4.10. The van der Waals surface area contributed by atoms with Crippen LogP contribution in [0, 0.1) is 6.92 Å². The molecule has 0 saturated carbocycles. The SMILES string of the molecule is CCOC(=O)c1cc2c(C)ccc3c2n1CCCCC3=O. The zero-order chi connectivity index (χ0) is 15.0. The number of aryl methyl sites for hydroxylation is 2. The van der Waals surface area contributed by atoms with Crippen LogP contribution in [0.4, 0.5) is 0 Å². The van der Waals surface area contributed by atoms with Gasteiger partial charge in [0, 0.05) is 23.9 Å². The van der Waals surface area contributed by atoms with Crippen LogP contribution < -0.4 is 0 Å². The van der Waals surface area contributed by atoms with E-state index >= 15 is 0 Å². The summed E-state index contributed by atoms with van der Waals surface area (Å²) in [5.41, 5.74) is 3.25. The minimum atomic E-state index is -0.313. The van der Waals surface area contributed by atoms with Gasteiger partial charge in [-0.15, -0.1) is 0 Å². The number of Topliss-reactive ketones (excluding diaryl/α,β-unsaturated/α-hetero) is 1. The molecule has 1 aliphatic rings. The first-order valence-corrected chi connectivity index (χ1v) is 7.46. The minimum absolute atomic E-state index is 0.162. The Hall–Kier alpha value is -2.10. The number of rotatable bonds is 2. The number of ketones is 1. The summed E-state index contributed by atoms with van der Waals surface area (Å²) in [5.74, 6) is -0.151. The molecule has 0 radical (unpaired) electrons. The fourth-order valence-corrected chi connectivity index (χ4v) is 3.04. The van der Waals surface area contributed by atoms with E-state index in [1.165, 1.54) is 0 Å². The molecule has 0 spiro atoms. The molecule has 1 aromatic carbocycles. The monoisotopic (exact) mass is 285 g/mol. The Balaban J connectivity index is 2.30. The molecule has 0 unspecified atom stereocenters. The number of hydrogen-bond acceptors (Lipinski definition) is 3. The molecule has 0 amide bonds. The topological polar surface area (TPSA) is 48.3 Å². The summed E-state index contributed by atoms with van der Waals surface area (Å²) in [7, 11) is 0. The van der Waals surface area contributed by atoms with Crippen molar-refractivity contribution in [3.05, 3.63) is 35.0 Å². The fourth-order valence-electron chi connectivity index (χ4n) is 3.04. The molecule has 3 rings (SSSR count). The van der Waals surface area contributed by atoms with E-state index in [-0.39, 0.29) is 11.8 Å². The van der Waals surface area contributed by atoms with E-state index in [0.717, 1.165) is 41.4 Å². The molecule has 0 aliphatic carbocycles. The third kappa shape index (κ3) is 2.24. The zero-order valence-electron chi connectivity index (χ0n) is 12.4. The smallest absolute Gasteiger partial charge is 0.354 e. The molecule has 1 aliphatic heterocycles. The molecule has 0 atom stereocenters. The second-order valence-corrected chi connectivity index (χ2v) is 5.47. The van der Waals surface area contributed by atoms with Gasteiger partial charge in [-0.3, -0.25) is 4.79 Å². The average Bonchev–Trinajstić information content (AvgIpc) is 2.82. The maximum absolute atomic E-state index is 12.3. The highest BCUT2D eigenvalue weighted by molar-refractivity contribution is 6.10. The van der Waals surface area contributed by atoms with Crippen molar-refractivity contribution in [1.29, 1.82) is 0 Å². The Morgan fingerprint density at radius 1 is 1.33 bits per heavy atom. The van der Waals surface area contributed by atoms with E-state index in [1.807, 2.05) is 29.7 Å². The Kier molecular flexibility index (Phi) is 3.53. The van der Waals surface area contributed by atoms with Crippen molar-refractivity contribution in [1.82, 2.24) is 4.57 Å². The quantitative estimate of drug-likeness (QED) is 0.793. The first kappa shape index (κ1) is 13.9. The Morgan fingerprint density at radius 3 is 2.90 bits per heavy atom. The predicted octanol–water partition coefficient (Wildman–Crippen LogP) is 3.49. The molecule has 0 bridgehead atoms. The lowest BCUT2D eigenvalue weighted by molar-refractivity contribution is 0.0513. The standard InChI is InChI=1S/C17H19NO3/c1-3-21-17(20)14-10-13-11(2)7-8-12-15(19)6-4-5-9-18(14)16(12)13/h7-8,10H,3-6,9H2,1-2H3. The van der Waals surface area contributed by atoms with Gasteiger partial charge >= 0.3 is 5.97 Å². The lowest BCUT2D eigenvalue weighted by Gasteiger charge is -2.15. The maximum Gasteiger partial charge on any atom is 0.354 e. The summed E-state index contributed by atoms with van der Waals surface area (Å²) in [6.45, 7) is 4.91. The minimum Gasteiger partial charge on any atom is -0.461 e. The molecule has 0 fully saturated rings. The summed E-state index contributed by atoms with van der Waals surface area (Å²) >= 11 is 0. The number of carbonyl (C=O) groups excluding carboxylic acids is 2. The molecule has 2 heterocycles. The third-order valence-corrected chi connectivity index (χ3v) is 4.10. The van der Waals surface area contributed by atoms with E-state index in [9.17, 15) is 9.59 Å². The molecule has 4 nitrogen and oxygen atoms in total. The molecule has 21 heavy (non-hydrogen) atoms. The first-order chi connectivity index (χ1) is 10.1. The Morgan fingerprint density at radius 2 is 2.14 bits per heavy atom. The van der Waals surface area contributed by atoms with Crippen molar-refractivity contribution in [2.75, 3.05) is 6.61 Å². The van der Waals surface area contributed by atoms with Crippen molar-refractivity contribution in [2.45, 2.75) is 39.7 Å². The van der Waals surface area contributed by atoms with Crippen LogP contribution in [0.5, 0.6) is 0 Å². The van der Waals surface area contributed by atoms with Gasteiger partial charge in [0.25, 0.3) is 0 Å². The van der Waals surface area contributed by atoms with Crippen molar-refractivity contribution < 1.29 is 14.3 Å². The summed E-state index contributed by atoms with van der Waals surface area (Å²) < 4.78 is 7.12. The second-order valence-electron chi connectivity index (χ2n) is 5.47. The molecular formula is C17H19NO3. The molecule has 0 saturated heterocycles. The van der Waals surface area contributed by atoms with E-state index < -0.39 is 0 Å². The highest BCUT2D eigenvalue weighted by atomic mass is 16.5. The van der Waals surface area contributed by atoms with Crippen LogP contribution in [0.3, 0.4) is 0 Å². The molecule has 110 valence electrons. The van der Waals surface area contributed by atoms with Crippen molar-refractivity contribution in [3.63, 3.8) is 0 Å². The van der Waals surface area contributed by atoms with Gasteiger partial charge in [-0.05, 0) is 44.4 Å². The van der Waals surface area contributed by atoms with Crippen LogP contribution in [0.15, 0.2) is 18.2 Å². The summed E-state index contributed by atoms with van der Waals surface area (Å²) in [5, 5.41) is 0.978. The van der Waals surface area contributed by atoms with Crippen molar-refractivity contribution in [3.8, 4) is 0 Å². The van der Waals surface area contributed by atoms with E-state index in [4.69, 9.17) is 4.74 Å². The van der Waals surface area contributed by atoms with Gasteiger partial charge in [0.15, 0.2) is 5.78 Å². The van der Waals surface area contributed by atoms with Crippen LogP contribution >= 0.6 is 0 Å². The van der Waals surface area contributed by atoms with Crippen LogP contribution in [-0.4, -0.2) is 22.9 Å². The number of hydrogen-bond donors (Lipinski definition) is 0. The van der Waals surface area contributed by atoms with Gasteiger partial charge in [0.2, 0.25) is 0 Å². The number of ether oxygens (including phenoxy) is 1. The largest absolute Gasteiger partial charge is 0.461 e. The summed E-state index contributed by atoms with van der Waals surface area (Å²) in [6.07, 6.45) is 2.33.